The lowest BCUT2D eigenvalue weighted by Crippen LogP contribution is -2.47. The first kappa shape index (κ1) is 17.4. The Kier molecular flexibility index (Phi) is 5.65. The fourth-order valence-corrected chi connectivity index (χ4v) is 2.12. The smallest absolute Gasteiger partial charge is 0.282 e. The van der Waals surface area contributed by atoms with Crippen molar-refractivity contribution in [3.8, 4) is 0 Å². The molecule has 0 heterocycles. The maximum atomic E-state index is 12.1. The van der Waals surface area contributed by atoms with Crippen molar-refractivity contribution in [1.29, 1.82) is 0 Å². The Labute approximate surface area is 127 Å². The second kappa shape index (κ2) is 6.84. The number of nitro benzene ring substituents is 1. The van der Waals surface area contributed by atoms with Crippen molar-refractivity contribution in [3.63, 3.8) is 0 Å². The Hall–Kier alpha value is -1.70. The number of amides is 1. The monoisotopic (exact) mass is 315 g/mol. The van der Waals surface area contributed by atoms with Gasteiger partial charge in [0.1, 0.15) is 5.56 Å². The van der Waals surface area contributed by atoms with Crippen LogP contribution in [0.15, 0.2) is 18.2 Å². The molecule has 1 rings (SSSR count). The Balaban J connectivity index is 2.85. The fourth-order valence-electron chi connectivity index (χ4n) is 1.95. The molecule has 21 heavy (non-hydrogen) atoms. The van der Waals surface area contributed by atoms with Crippen LogP contribution in [0.3, 0.4) is 0 Å². The summed E-state index contributed by atoms with van der Waals surface area (Å²) in [4.78, 5) is 24.1. The lowest BCUT2D eigenvalue weighted by molar-refractivity contribution is -0.385. The Morgan fingerprint density at radius 3 is 2.67 bits per heavy atom. The summed E-state index contributed by atoms with van der Waals surface area (Å²) in [6, 6.07) is 3.75. The van der Waals surface area contributed by atoms with Crippen LogP contribution in [0.4, 0.5) is 5.69 Å². The number of rotatable bonds is 6. The minimum Gasteiger partial charge on any atom is -0.387 e. The van der Waals surface area contributed by atoms with Crippen LogP contribution in [0.2, 0.25) is 5.02 Å². The Morgan fingerprint density at radius 1 is 1.52 bits per heavy atom. The molecule has 0 aliphatic carbocycles. The molecule has 0 aliphatic rings. The molecule has 1 atom stereocenters. The average molecular weight is 316 g/mol. The minimum absolute atomic E-state index is 0.0340. The van der Waals surface area contributed by atoms with Gasteiger partial charge in [-0.3, -0.25) is 14.9 Å². The van der Waals surface area contributed by atoms with Gasteiger partial charge in [0, 0.05) is 24.2 Å². The zero-order valence-corrected chi connectivity index (χ0v) is 12.8. The average Bonchev–Trinajstić information content (AvgIpc) is 2.34. The topological polar surface area (TPSA) is 95.7 Å². The highest BCUT2D eigenvalue weighted by Crippen LogP contribution is 2.22. The van der Waals surface area contributed by atoms with Crippen LogP contribution in [0.1, 0.15) is 17.3 Å². The molecule has 2 N–H and O–H groups in total. The Bertz CT molecular complexity index is 546. The van der Waals surface area contributed by atoms with Gasteiger partial charge in [-0.15, -0.1) is 0 Å². The van der Waals surface area contributed by atoms with Crippen molar-refractivity contribution in [2.24, 2.45) is 0 Å². The number of carbonyl (C=O) groups excluding carboxylic acids is 1. The Morgan fingerprint density at radius 2 is 2.14 bits per heavy atom. The number of likely N-dealkylation sites (N-methyl/N-ethyl adjacent to an activating group) is 1. The van der Waals surface area contributed by atoms with E-state index in [-0.39, 0.29) is 22.8 Å². The third kappa shape index (κ3) is 5.30. The highest BCUT2D eigenvalue weighted by Gasteiger charge is 2.25. The molecule has 8 heteroatoms. The van der Waals surface area contributed by atoms with Gasteiger partial charge in [-0.05, 0) is 33.2 Å². The van der Waals surface area contributed by atoms with Crippen molar-refractivity contribution < 1.29 is 14.8 Å². The van der Waals surface area contributed by atoms with Crippen molar-refractivity contribution in [2.45, 2.75) is 12.5 Å². The molecule has 1 aromatic rings. The van der Waals surface area contributed by atoms with Crippen LogP contribution in [0, 0.1) is 10.1 Å². The summed E-state index contributed by atoms with van der Waals surface area (Å²) in [7, 11) is 3.58. The number of aliphatic hydroxyl groups is 1. The highest BCUT2D eigenvalue weighted by molar-refractivity contribution is 6.31. The standard InChI is InChI=1S/C13H18ClN3O4/c1-13(19,8-16(2)3)7-15-12(18)10-6-9(14)4-5-11(10)17(20)21/h4-6,19H,7-8H2,1-3H3,(H,15,18). The number of nitrogens with zero attached hydrogens (tertiary/aromatic N) is 2. The van der Waals surface area contributed by atoms with Crippen molar-refractivity contribution in [3.05, 3.63) is 38.9 Å². The van der Waals surface area contributed by atoms with E-state index in [0.717, 1.165) is 0 Å². The summed E-state index contributed by atoms with van der Waals surface area (Å²) in [5, 5.41) is 23.7. The maximum absolute atomic E-state index is 12.1. The van der Waals surface area contributed by atoms with Crippen LogP contribution < -0.4 is 5.32 Å². The number of hydrogen-bond donors (Lipinski definition) is 2. The molecule has 1 amide bonds. The van der Waals surface area contributed by atoms with Gasteiger partial charge in [0.2, 0.25) is 0 Å². The van der Waals surface area contributed by atoms with E-state index in [1.54, 1.807) is 25.9 Å². The third-order valence-electron chi connectivity index (χ3n) is 2.69. The second-order valence-corrected chi connectivity index (χ2v) is 5.77. The molecule has 0 aromatic heterocycles. The molecule has 1 aromatic carbocycles. The molecule has 0 aliphatic heterocycles. The van der Waals surface area contributed by atoms with E-state index in [9.17, 15) is 20.0 Å². The van der Waals surface area contributed by atoms with Gasteiger partial charge in [0.25, 0.3) is 11.6 Å². The summed E-state index contributed by atoms with van der Waals surface area (Å²) < 4.78 is 0. The summed E-state index contributed by atoms with van der Waals surface area (Å²) >= 11 is 5.77. The molecule has 0 fully saturated rings. The van der Waals surface area contributed by atoms with E-state index in [0.29, 0.717) is 6.54 Å². The molecule has 0 radical (unpaired) electrons. The molecule has 0 saturated heterocycles. The molecule has 0 spiro atoms. The number of carbonyl (C=O) groups is 1. The number of benzene rings is 1. The van der Waals surface area contributed by atoms with E-state index in [1.165, 1.54) is 18.2 Å². The van der Waals surface area contributed by atoms with Crippen LogP contribution >= 0.6 is 11.6 Å². The van der Waals surface area contributed by atoms with Gasteiger partial charge in [-0.2, -0.15) is 0 Å². The molecule has 7 nitrogen and oxygen atoms in total. The molecular weight excluding hydrogens is 298 g/mol. The zero-order chi connectivity index (χ0) is 16.2. The second-order valence-electron chi connectivity index (χ2n) is 5.34. The first-order valence-electron chi connectivity index (χ1n) is 6.21. The molecule has 0 bridgehead atoms. The van der Waals surface area contributed by atoms with Gasteiger partial charge in [0.05, 0.1) is 10.5 Å². The van der Waals surface area contributed by atoms with E-state index >= 15 is 0 Å². The van der Waals surface area contributed by atoms with Crippen LogP contribution in [0.5, 0.6) is 0 Å². The number of halogens is 1. The van der Waals surface area contributed by atoms with Gasteiger partial charge in [-0.1, -0.05) is 11.6 Å². The lowest BCUT2D eigenvalue weighted by Gasteiger charge is -2.27. The first-order chi connectivity index (χ1) is 9.62. The number of nitrogens with one attached hydrogen (secondary N) is 1. The quantitative estimate of drug-likeness (QED) is 0.609. The number of nitro groups is 1. The van der Waals surface area contributed by atoms with Crippen LogP contribution in [-0.4, -0.2) is 53.6 Å². The minimum atomic E-state index is -1.15. The fraction of sp³-hybridized carbons (Fsp3) is 0.462. The predicted octanol–water partition coefficient (Wildman–Crippen LogP) is 1.29. The molecule has 116 valence electrons. The van der Waals surface area contributed by atoms with Gasteiger partial charge < -0.3 is 15.3 Å². The summed E-state index contributed by atoms with van der Waals surface area (Å²) in [5.41, 5.74) is -1.61. The normalized spacial score (nSPS) is 13.8. The highest BCUT2D eigenvalue weighted by atomic mass is 35.5. The molecular formula is C13H18ClN3O4. The van der Waals surface area contributed by atoms with E-state index < -0.39 is 16.4 Å². The lowest BCUT2D eigenvalue weighted by atomic mass is 10.1. The van der Waals surface area contributed by atoms with E-state index in [4.69, 9.17) is 11.6 Å². The zero-order valence-electron chi connectivity index (χ0n) is 12.1. The van der Waals surface area contributed by atoms with Gasteiger partial charge >= 0.3 is 0 Å². The number of hydrogen-bond acceptors (Lipinski definition) is 5. The summed E-state index contributed by atoms with van der Waals surface area (Å²) in [5.74, 6) is -0.650. The van der Waals surface area contributed by atoms with Gasteiger partial charge in [0.15, 0.2) is 0 Å². The first-order valence-corrected chi connectivity index (χ1v) is 6.59. The van der Waals surface area contributed by atoms with Crippen molar-refractivity contribution in [2.75, 3.05) is 27.2 Å². The van der Waals surface area contributed by atoms with Crippen molar-refractivity contribution >= 4 is 23.2 Å². The van der Waals surface area contributed by atoms with Gasteiger partial charge in [-0.25, -0.2) is 0 Å². The molecule has 1 unspecified atom stereocenters. The van der Waals surface area contributed by atoms with Crippen LogP contribution in [0.25, 0.3) is 0 Å². The summed E-state index contributed by atoms with van der Waals surface area (Å²) in [6.45, 7) is 1.87. The SMILES string of the molecule is CN(C)CC(C)(O)CNC(=O)c1cc(Cl)ccc1[N+](=O)[O-]. The van der Waals surface area contributed by atoms with Crippen LogP contribution in [-0.2, 0) is 0 Å². The van der Waals surface area contributed by atoms with E-state index in [2.05, 4.69) is 5.32 Å². The third-order valence-corrected chi connectivity index (χ3v) is 2.92. The van der Waals surface area contributed by atoms with E-state index in [1.807, 2.05) is 0 Å². The predicted molar refractivity (Wildman–Crippen MR) is 79.6 cm³/mol. The summed E-state index contributed by atoms with van der Waals surface area (Å²) in [6.07, 6.45) is 0. The largest absolute Gasteiger partial charge is 0.387 e. The van der Waals surface area contributed by atoms with Crippen molar-refractivity contribution in [1.82, 2.24) is 10.2 Å². The molecule has 0 saturated carbocycles. The maximum Gasteiger partial charge on any atom is 0.282 e.